The van der Waals surface area contributed by atoms with Gasteiger partial charge >= 0.3 is 0 Å². The van der Waals surface area contributed by atoms with Crippen molar-refractivity contribution in [2.24, 2.45) is 23.7 Å². The first-order valence-corrected chi connectivity index (χ1v) is 14.4. The van der Waals surface area contributed by atoms with Crippen LogP contribution in [0, 0.1) is 37.5 Å². The maximum Gasteiger partial charge on any atom is 0.247 e. The van der Waals surface area contributed by atoms with Crippen LogP contribution in [0.5, 0.6) is 0 Å². The summed E-state index contributed by atoms with van der Waals surface area (Å²) in [5.41, 5.74) is 4.67. The van der Waals surface area contributed by atoms with Crippen LogP contribution in [-0.4, -0.2) is 26.6 Å². The largest absolute Gasteiger partial charge is 0.324 e. The highest BCUT2D eigenvalue weighted by Crippen LogP contribution is 2.59. The number of amides is 1. The molecule has 34 heavy (non-hydrogen) atoms. The van der Waals surface area contributed by atoms with Crippen molar-refractivity contribution in [3.8, 4) is 0 Å². The number of anilines is 2. The first-order chi connectivity index (χ1) is 16.1. The van der Waals surface area contributed by atoms with Gasteiger partial charge in [-0.15, -0.1) is 0 Å². The second-order valence-electron chi connectivity index (χ2n) is 11.1. The normalized spacial score (nSPS) is 28.5. The third kappa shape index (κ3) is 4.37. The zero-order valence-electron chi connectivity index (χ0n) is 20.6. The van der Waals surface area contributed by atoms with E-state index in [4.69, 9.17) is 0 Å². The molecule has 4 aliphatic rings. The van der Waals surface area contributed by atoms with E-state index in [0.29, 0.717) is 17.3 Å². The average Bonchev–Trinajstić information content (AvgIpc) is 2.75. The zero-order chi connectivity index (χ0) is 24.2. The minimum Gasteiger partial charge on any atom is -0.324 e. The Labute approximate surface area is 204 Å². The van der Waals surface area contributed by atoms with Crippen LogP contribution in [0.15, 0.2) is 42.5 Å². The Balaban J connectivity index is 1.31. The highest BCUT2D eigenvalue weighted by molar-refractivity contribution is 7.92. The zero-order valence-corrected chi connectivity index (χ0v) is 21.4. The number of sulfonamides is 1. The molecule has 5 nitrogen and oxygen atoms in total. The van der Waals surface area contributed by atoms with Crippen molar-refractivity contribution in [3.63, 3.8) is 0 Å². The Morgan fingerprint density at radius 3 is 2.03 bits per heavy atom. The first-order valence-electron chi connectivity index (χ1n) is 12.6. The van der Waals surface area contributed by atoms with Gasteiger partial charge < -0.3 is 5.32 Å². The predicted octanol–water partition coefficient (Wildman–Crippen LogP) is 5.64. The number of nitrogens with one attached hydrogen (secondary N) is 1. The van der Waals surface area contributed by atoms with E-state index < -0.39 is 16.1 Å². The smallest absolute Gasteiger partial charge is 0.247 e. The van der Waals surface area contributed by atoms with E-state index in [1.54, 1.807) is 13.0 Å². The van der Waals surface area contributed by atoms with Crippen LogP contribution in [0.3, 0.4) is 0 Å². The molecule has 1 N–H and O–H groups in total. The molecule has 6 rings (SSSR count). The molecule has 4 fully saturated rings. The summed E-state index contributed by atoms with van der Waals surface area (Å²) in [5, 5.41) is 2.94. The van der Waals surface area contributed by atoms with E-state index in [2.05, 4.69) is 17.4 Å². The van der Waals surface area contributed by atoms with Crippen LogP contribution in [-0.2, 0) is 14.8 Å². The molecular formula is C28H36N2O3S. The summed E-state index contributed by atoms with van der Waals surface area (Å²) < 4.78 is 26.4. The van der Waals surface area contributed by atoms with E-state index >= 15 is 0 Å². The van der Waals surface area contributed by atoms with Gasteiger partial charge in [-0.2, -0.15) is 0 Å². The molecule has 0 aliphatic heterocycles. The molecule has 1 amide bonds. The maximum atomic E-state index is 13.1. The van der Waals surface area contributed by atoms with Gasteiger partial charge in [0, 0.05) is 5.69 Å². The lowest BCUT2D eigenvalue weighted by Gasteiger charge is -2.54. The fourth-order valence-electron chi connectivity index (χ4n) is 7.18. The fraction of sp³-hybridized carbons (Fsp3) is 0.536. The molecule has 4 bridgehead atoms. The van der Waals surface area contributed by atoms with Gasteiger partial charge in [-0.05, 0) is 123 Å². The molecule has 0 aromatic heterocycles. The maximum absolute atomic E-state index is 13.1. The van der Waals surface area contributed by atoms with Crippen LogP contribution < -0.4 is 9.62 Å². The van der Waals surface area contributed by atoms with E-state index in [1.165, 1.54) is 42.0 Å². The molecule has 0 heterocycles. The highest BCUT2D eigenvalue weighted by atomic mass is 32.2. The summed E-state index contributed by atoms with van der Waals surface area (Å²) in [6, 6.07) is 12.9. The number of hydrogen-bond donors (Lipinski definition) is 1. The number of carbonyl (C=O) groups excluding carboxylic acids is 1. The summed E-state index contributed by atoms with van der Waals surface area (Å²) in [4.78, 5) is 13.1. The summed E-state index contributed by atoms with van der Waals surface area (Å²) >= 11 is 0. The van der Waals surface area contributed by atoms with Crippen LogP contribution in [0.2, 0.25) is 0 Å². The van der Waals surface area contributed by atoms with Gasteiger partial charge in [0.15, 0.2) is 0 Å². The van der Waals surface area contributed by atoms with Gasteiger partial charge in [-0.25, -0.2) is 8.42 Å². The fourth-order valence-corrected chi connectivity index (χ4v) is 8.34. The Kier molecular flexibility index (Phi) is 5.99. The Morgan fingerprint density at radius 2 is 1.50 bits per heavy atom. The van der Waals surface area contributed by atoms with Crippen molar-refractivity contribution in [3.05, 3.63) is 59.2 Å². The molecule has 2 aromatic carbocycles. The first kappa shape index (κ1) is 23.4. The topological polar surface area (TPSA) is 66.5 Å². The molecule has 0 unspecified atom stereocenters. The summed E-state index contributed by atoms with van der Waals surface area (Å²) in [7, 11) is -3.64. The van der Waals surface area contributed by atoms with E-state index in [9.17, 15) is 13.2 Å². The van der Waals surface area contributed by atoms with Crippen LogP contribution in [0.25, 0.3) is 0 Å². The van der Waals surface area contributed by atoms with E-state index in [-0.39, 0.29) is 5.91 Å². The summed E-state index contributed by atoms with van der Waals surface area (Å²) in [5.74, 6) is 3.85. The molecular weight excluding hydrogens is 444 g/mol. The van der Waals surface area contributed by atoms with Crippen molar-refractivity contribution >= 4 is 27.3 Å². The molecule has 2 aromatic rings. The average molecular weight is 481 g/mol. The second-order valence-corrected chi connectivity index (χ2v) is 12.9. The summed E-state index contributed by atoms with van der Waals surface area (Å²) in [6.45, 7) is 5.55. The molecule has 4 aliphatic carbocycles. The number of benzene rings is 2. The van der Waals surface area contributed by atoms with Crippen LogP contribution in [0.4, 0.5) is 11.4 Å². The Bertz CT molecular complexity index is 1160. The van der Waals surface area contributed by atoms with E-state index in [1.807, 2.05) is 38.1 Å². The van der Waals surface area contributed by atoms with Gasteiger partial charge in [0.25, 0.3) is 0 Å². The lowest BCUT2D eigenvalue weighted by atomic mass is 9.51. The highest BCUT2D eigenvalue weighted by Gasteiger charge is 2.48. The van der Waals surface area contributed by atoms with E-state index in [0.717, 1.165) is 41.1 Å². The Hall–Kier alpha value is -2.34. The predicted molar refractivity (Wildman–Crippen MR) is 138 cm³/mol. The number of nitrogens with zero attached hydrogens (tertiary/aromatic N) is 1. The number of aryl methyl sites for hydroxylation is 2. The second kappa shape index (κ2) is 8.71. The number of hydrogen-bond acceptors (Lipinski definition) is 3. The van der Waals surface area contributed by atoms with Gasteiger partial charge in [-0.3, -0.25) is 9.10 Å². The van der Waals surface area contributed by atoms with Gasteiger partial charge in [0.2, 0.25) is 15.9 Å². The van der Waals surface area contributed by atoms with Crippen molar-refractivity contribution in [1.29, 1.82) is 0 Å². The van der Waals surface area contributed by atoms with Crippen molar-refractivity contribution < 1.29 is 13.2 Å². The van der Waals surface area contributed by atoms with Crippen molar-refractivity contribution in [2.45, 2.75) is 64.8 Å². The molecule has 4 saturated carbocycles. The number of rotatable bonds is 6. The van der Waals surface area contributed by atoms with Crippen molar-refractivity contribution in [1.82, 2.24) is 0 Å². The quantitative estimate of drug-likeness (QED) is 0.582. The third-order valence-electron chi connectivity index (χ3n) is 8.62. The van der Waals surface area contributed by atoms with Gasteiger partial charge in [-0.1, -0.05) is 18.2 Å². The molecule has 0 radical (unpaired) electrons. The summed E-state index contributed by atoms with van der Waals surface area (Å²) in [6.07, 6.45) is 8.13. The molecule has 6 heteroatoms. The minimum absolute atomic E-state index is 0.342. The lowest BCUT2D eigenvalue weighted by molar-refractivity contribution is -0.116. The monoisotopic (exact) mass is 480 g/mol. The van der Waals surface area contributed by atoms with Gasteiger partial charge in [0.05, 0.1) is 11.9 Å². The molecule has 1 atom stereocenters. The standard InChI is InChI=1S/C28H36N2O3S/c1-17-5-10-26(11-18(17)2)30(34(4,32)33)19(3)28(31)29-25-8-6-22(7-9-25)27-23-13-20-12-21(15-23)16-24(27)14-20/h5-11,19-21,23-24,27H,12-16H2,1-4H3,(H,29,31)/t19-,20?,21?,23?,24?,27?/m1/s1. The van der Waals surface area contributed by atoms with Gasteiger partial charge in [0.1, 0.15) is 6.04 Å². The number of carbonyl (C=O) groups is 1. The molecule has 0 spiro atoms. The molecule has 182 valence electrons. The third-order valence-corrected chi connectivity index (χ3v) is 9.86. The SMILES string of the molecule is Cc1ccc(N([C@H](C)C(=O)Nc2ccc(C3C4CC5CC(C4)CC3C5)cc2)S(C)(=O)=O)cc1C. The Morgan fingerprint density at radius 1 is 0.912 bits per heavy atom. The lowest BCUT2D eigenvalue weighted by Crippen LogP contribution is -2.45. The van der Waals surface area contributed by atoms with Crippen LogP contribution >= 0.6 is 0 Å². The molecule has 0 saturated heterocycles. The van der Waals surface area contributed by atoms with Crippen molar-refractivity contribution in [2.75, 3.05) is 15.9 Å². The minimum atomic E-state index is -3.64. The van der Waals surface area contributed by atoms with Crippen LogP contribution in [0.1, 0.15) is 61.6 Å².